The van der Waals surface area contributed by atoms with Crippen LogP contribution < -0.4 is 10.6 Å². The number of nitrogens with zero attached hydrogens (tertiary/aromatic N) is 1. The van der Waals surface area contributed by atoms with Crippen LogP contribution in [0.2, 0.25) is 0 Å². The van der Waals surface area contributed by atoms with Crippen LogP contribution in [0.3, 0.4) is 0 Å². The summed E-state index contributed by atoms with van der Waals surface area (Å²) < 4.78 is 0. The molecule has 6 nitrogen and oxygen atoms in total. The Morgan fingerprint density at radius 2 is 1.68 bits per heavy atom. The van der Waals surface area contributed by atoms with Gasteiger partial charge in [0.05, 0.1) is 5.57 Å². The van der Waals surface area contributed by atoms with E-state index in [2.05, 4.69) is 72.1 Å². The van der Waals surface area contributed by atoms with Crippen LogP contribution in [0, 0.1) is 44.8 Å². The summed E-state index contributed by atoms with van der Waals surface area (Å²) in [6.45, 7) is 24.0. The number of ketones is 2. The SMILES string of the molecule is CCCC(C)(C)CC[C@@](C)(CCC(C)(C)[C@]1(C)CC[C@H]2[C@H](C)C(=O)C(C#N)=C[C@]2(C)/C1=C/C(C)=O)NC(=O)NCC. The molecule has 2 N–H and O–H groups in total. The van der Waals surface area contributed by atoms with Crippen LogP contribution in [-0.4, -0.2) is 29.7 Å². The van der Waals surface area contributed by atoms with Gasteiger partial charge in [0.2, 0.25) is 0 Å². The number of hydrogen-bond acceptors (Lipinski definition) is 4. The maximum Gasteiger partial charge on any atom is 0.315 e. The number of nitriles is 1. The summed E-state index contributed by atoms with van der Waals surface area (Å²) >= 11 is 0. The van der Waals surface area contributed by atoms with Gasteiger partial charge in [0.15, 0.2) is 11.6 Å². The van der Waals surface area contributed by atoms with Crippen molar-refractivity contribution in [3.8, 4) is 6.07 Å². The highest BCUT2D eigenvalue weighted by molar-refractivity contribution is 6.02. The van der Waals surface area contributed by atoms with Crippen molar-refractivity contribution in [2.75, 3.05) is 6.54 Å². The van der Waals surface area contributed by atoms with Gasteiger partial charge in [-0.15, -0.1) is 0 Å². The minimum Gasteiger partial charge on any atom is -0.338 e. The number of nitrogens with one attached hydrogen (secondary N) is 2. The quantitative estimate of drug-likeness (QED) is 0.233. The van der Waals surface area contributed by atoms with Crippen LogP contribution in [0.15, 0.2) is 23.3 Å². The smallest absolute Gasteiger partial charge is 0.315 e. The predicted molar refractivity (Wildman–Crippen MR) is 167 cm³/mol. The molecule has 6 heteroatoms. The Morgan fingerprint density at radius 1 is 1.07 bits per heavy atom. The molecule has 0 unspecified atom stereocenters. The Balaban J connectivity index is 2.49. The molecule has 2 amide bonds. The molecule has 0 radical (unpaired) electrons. The van der Waals surface area contributed by atoms with E-state index in [1.165, 1.54) is 0 Å². The maximum absolute atomic E-state index is 12.9. The van der Waals surface area contributed by atoms with Gasteiger partial charge in [0, 0.05) is 23.4 Å². The molecule has 1 fully saturated rings. The number of rotatable bonds is 12. The van der Waals surface area contributed by atoms with Gasteiger partial charge in [-0.2, -0.15) is 5.26 Å². The molecule has 0 aromatic heterocycles. The fourth-order valence-corrected chi connectivity index (χ4v) is 7.74. The first kappa shape index (κ1) is 34.8. The van der Waals surface area contributed by atoms with Crippen molar-refractivity contribution in [2.24, 2.45) is 33.5 Å². The molecule has 0 aromatic rings. The second-order valence-corrected chi connectivity index (χ2v) is 15.1. The number of carbonyl (C=O) groups is 3. The minimum atomic E-state index is -0.554. The van der Waals surface area contributed by atoms with Crippen LogP contribution >= 0.6 is 0 Å². The van der Waals surface area contributed by atoms with Gasteiger partial charge in [-0.25, -0.2) is 4.79 Å². The monoisotopic (exact) mass is 567 g/mol. The lowest BCUT2D eigenvalue weighted by Crippen LogP contribution is -2.54. The Bertz CT molecular complexity index is 1110. The molecule has 5 atom stereocenters. The van der Waals surface area contributed by atoms with Crippen LogP contribution in [0.5, 0.6) is 0 Å². The van der Waals surface area contributed by atoms with Crippen molar-refractivity contribution in [1.82, 2.24) is 10.6 Å². The van der Waals surface area contributed by atoms with E-state index in [4.69, 9.17) is 0 Å². The molecule has 1 saturated carbocycles. The zero-order valence-electron chi connectivity index (χ0n) is 27.8. The molecule has 0 bridgehead atoms. The van der Waals surface area contributed by atoms with E-state index >= 15 is 0 Å². The van der Waals surface area contributed by atoms with Gasteiger partial charge < -0.3 is 10.6 Å². The largest absolute Gasteiger partial charge is 0.338 e. The lowest BCUT2D eigenvalue weighted by atomic mass is 9.44. The van der Waals surface area contributed by atoms with Gasteiger partial charge in [-0.1, -0.05) is 73.5 Å². The number of allylic oxidation sites excluding steroid dienone is 4. The van der Waals surface area contributed by atoms with Crippen molar-refractivity contribution >= 4 is 17.6 Å². The van der Waals surface area contributed by atoms with Crippen LogP contribution in [-0.2, 0) is 9.59 Å². The predicted octanol–water partition coefficient (Wildman–Crippen LogP) is 8.08. The second kappa shape index (κ2) is 12.8. The van der Waals surface area contributed by atoms with E-state index in [-0.39, 0.29) is 56.8 Å². The van der Waals surface area contributed by atoms with Gasteiger partial charge in [-0.05, 0) is 94.0 Å². The van der Waals surface area contributed by atoms with E-state index in [1.807, 2.05) is 19.9 Å². The number of hydrogen-bond donors (Lipinski definition) is 2. The summed E-state index contributed by atoms with van der Waals surface area (Å²) in [5.41, 5.74) is -0.0599. The summed E-state index contributed by atoms with van der Waals surface area (Å²) in [4.78, 5) is 38.4. The normalized spacial score (nSPS) is 29.2. The third-order valence-electron chi connectivity index (χ3n) is 10.9. The van der Waals surface area contributed by atoms with Crippen LogP contribution in [0.1, 0.15) is 128 Å². The van der Waals surface area contributed by atoms with Crippen molar-refractivity contribution < 1.29 is 14.4 Å². The van der Waals surface area contributed by atoms with E-state index < -0.39 is 5.41 Å². The molecule has 41 heavy (non-hydrogen) atoms. The maximum atomic E-state index is 12.9. The highest BCUT2D eigenvalue weighted by Crippen LogP contribution is 2.65. The summed E-state index contributed by atoms with van der Waals surface area (Å²) in [5, 5.41) is 16.0. The lowest BCUT2D eigenvalue weighted by molar-refractivity contribution is -0.123. The first-order chi connectivity index (χ1) is 18.8. The first-order valence-electron chi connectivity index (χ1n) is 15.8. The van der Waals surface area contributed by atoms with Crippen LogP contribution in [0.4, 0.5) is 4.79 Å². The number of fused-ring (bicyclic) bond motifs is 1. The standard InChI is InChI=1S/C35H57N3O3/c1-12-15-31(5,6)17-19-33(9,38-30(41)37-13-2)20-18-32(7,8)35(11)16-14-27-25(4)29(40)26(23-36)22-34(27,10)28(35)21-24(3)39/h21-22,25,27H,12-20H2,1-11H3,(H2,37,38,41)/b28-21-/t25-,27-,33-,34-,35+/m0/s1. The Morgan fingerprint density at radius 3 is 2.22 bits per heavy atom. The molecule has 2 aliphatic carbocycles. The second-order valence-electron chi connectivity index (χ2n) is 15.1. The molecule has 0 saturated heterocycles. The van der Waals surface area contributed by atoms with Crippen molar-refractivity contribution in [3.05, 3.63) is 23.3 Å². The molecule has 0 spiro atoms. The van der Waals surface area contributed by atoms with Crippen molar-refractivity contribution in [2.45, 2.75) is 133 Å². The minimum absolute atomic E-state index is 0.0127. The molecule has 2 rings (SSSR count). The lowest BCUT2D eigenvalue weighted by Gasteiger charge is -2.59. The van der Waals surface area contributed by atoms with E-state index in [1.54, 1.807) is 13.0 Å². The third kappa shape index (κ3) is 7.51. The summed E-state index contributed by atoms with van der Waals surface area (Å²) in [7, 11) is 0. The zero-order chi connectivity index (χ0) is 31.4. The highest BCUT2D eigenvalue weighted by atomic mass is 16.2. The number of carbonyl (C=O) groups excluding carboxylic acids is 3. The molecule has 0 aliphatic heterocycles. The van der Waals surface area contributed by atoms with E-state index in [0.29, 0.717) is 6.54 Å². The number of urea groups is 1. The van der Waals surface area contributed by atoms with Crippen LogP contribution in [0.25, 0.3) is 0 Å². The fourth-order valence-electron chi connectivity index (χ4n) is 7.74. The average molecular weight is 568 g/mol. The fraction of sp³-hybridized carbons (Fsp3) is 0.771. The molecular formula is C35H57N3O3. The Labute approximate surface area is 250 Å². The highest BCUT2D eigenvalue weighted by Gasteiger charge is 2.58. The molecule has 2 aliphatic rings. The van der Waals surface area contributed by atoms with E-state index in [0.717, 1.165) is 56.9 Å². The van der Waals surface area contributed by atoms with Gasteiger partial charge in [0.25, 0.3) is 0 Å². The average Bonchev–Trinajstić information content (AvgIpc) is 2.86. The van der Waals surface area contributed by atoms with Gasteiger partial charge in [-0.3, -0.25) is 9.59 Å². The summed E-state index contributed by atoms with van der Waals surface area (Å²) in [6.07, 6.45) is 11.2. The van der Waals surface area contributed by atoms with Crippen molar-refractivity contribution in [1.29, 1.82) is 5.26 Å². The molecule has 0 heterocycles. The molecular weight excluding hydrogens is 510 g/mol. The topological polar surface area (TPSA) is 99.1 Å². The Hall–Kier alpha value is -2.42. The third-order valence-corrected chi connectivity index (χ3v) is 10.9. The van der Waals surface area contributed by atoms with Crippen molar-refractivity contribution in [3.63, 3.8) is 0 Å². The zero-order valence-corrected chi connectivity index (χ0v) is 27.8. The Kier molecular flexibility index (Phi) is 10.9. The first-order valence-corrected chi connectivity index (χ1v) is 15.8. The number of amides is 2. The van der Waals surface area contributed by atoms with Gasteiger partial charge in [0.1, 0.15) is 6.07 Å². The summed E-state index contributed by atoms with van der Waals surface area (Å²) in [6, 6.07) is 2.01. The van der Waals surface area contributed by atoms with E-state index in [9.17, 15) is 19.6 Å². The number of Topliss-reactive ketones (excluding diaryl/α,β-unsaturated/α-hetero) is 1. The molecule has 230 valence electrons. The molecule has 0 aromatic carbocycles. The van der Waals surface area contributed by atoms with Gasteiger partial charge >= 0.3 is 6.03 Å². The summed E-state index contributed by atoms with van der Waals surface area (Å²) in [5.74, 6) is -0.315.